The molecule has 0 aromatic heterocycles. The molecule has 2 atom stereocenters. The number of aliphatic carboxylic acids is 1. The van der Waals surface area contributed by atoms with Crippen molar-refractivity contribution in [1.82, 2.24) is 5.32 Å². The lowest BCUT2D eigenvalue weighted by Gasteiger charge is -2.17. The molecule has 0 spiro atoms. The van der Waals surface area contributed by atoms with Crippen molar-refractivity contribution in [3.63, 3.8) is 0 Å². The van der Waals surface area contributed by atoms with E-state index in [-0.39, 0.29) is 18.3 Å². The Morgan fingerprint density at radius 3 is 2.46 bits per heavy atom. The zero-order valence-corrected chi connectivity index (χ0v) is 15.3. The number of thioether (sulfide) groups is 1. The second-order valence-corrected chi connectivity index (χ2v) is 6.96. The van der Waals surface area contributed by atoms with Crippen molar-refractivity contribution in [2.24, 2.45) is 0 Å². The van der Waals surface area contributed by atoms with Gasteiger partial charge in [-0.25, -0.2) is 4.39 Å². The minimum Gasteiger partial charge on any atom is -0.480 e. The van der Waals surface area contributed by atoms with Gasteiger partial charge < -0.3 is 15.2 Å². The van der Waals surface area contributed by atoms with E-state index < -0.39 is 17.3 Å². The molecule has 2 unspecified atom stereocenters. The van der Waals surface area contributed by atoms with E-state index in [4.69, 9.17) is 9.84 Å². The molecule has 0 aliphatic carbocycles. The van der Waals surface area contributed by atoms with Crippen molar-refractivity contribution in [1.29, 1.82) is 0 Å². The maximum Gasteiger partial charge on any atom is 0.316 e. The summed E-state index contributed by atoms with van der Waals surface area (Å²) in [6.07, 6.45) is -0.419. The first-order valence-corrected chi connectivity index (χ1v) is 8.85. The van der Waals surface area contributed by atoms with Gasteiger partial charge in [-0.3, -0.25) is 9.59 Å². The average Bonchev–Trinajstić information content (AvgIpc) is 2.63. The quantitative estimate of drug-likeness (QED) is 0.689. The molecule has 0 aliphatic heterocycles. The molecule has 2 aromatic carbocycles. The predicted octanol–water partition coefficient (Wildman–Crippen LogP) is 3.51. The zero-order valence-electron chi connectivity index (χ0n) is 14.4. The molecule has 138 valence electrons. The summed E-state index contributed by atoms with van der Waals surface area (Å²) < 4.78 is 18.4. The van der Waals surface area contributed by atoms with E-state index in [0.29, 0.717) is 10.5 Å². The number of hydrogen-bond donors (Lipinski definition) is 2. The van der Waals surface area contributed by atoms with Gasteiger partial charge >= 0.3 is 5.97 Å². The summed E-state index contributed by atoms with van der Waals surface area (Å²) in [5.74, 6) is -1.61. The highest BCUT2D eigenvalue weighted by atomic mass is 32.2. The summed E-state index contributed by atoms with van der Waals surface area (Å²) >= 11 is 1.11. The largest absolute Gasteiger partial charge is 0.480 e. The number of hydrogen-bond acceptors (Lipinski definition) is 4. The molecule has 0 aliphatic rings. The van der Waals surface area contributed by atoms with Crippen LogP contribution in [-0.2, 0) is 9.53 Å². The third-order valence-corrected chi connectivity index (χ3v) is 4.92. The lowest BCUT2D eigenvalue weighted by molar-refractivity contribution is -0.136. The third-order valence-electron chi connectivity index (χ3n) is 3.76. The third kappa shape index (κ3) is 5.31. The molecule has 0 bridgehead atoms. The summed E-state index contributed by atoms with van der Waals surface area (Å²) in [4.78, 5) is 24.2. The Bertz CT molecular complexity index is 766. The summed E-state index contributed by atoms with van der Waals surface area (Å²) in [5, 5.41) is 11.2. The van der Waals surface area contributed by atoms with Crippen LogP contribution in [0.5, 0.6) is 0 Å². The lowest BCUT2D eigenvalue weighted by atomic mass is 10.1. The van der Waals surface area contributed by atoms with Gasteiger partial charge in [-0.2, -0.15) is 0 Å². The van der Waals surface area contributed by atoms with Crippen molar-refractivity contribution >= 4 is 23.6 Å². The van der Waals surface area contributed by atoms with Crippen molar-refractivity contribution < 1.29 is 23.8 Å². The molecule has 1 amide bonds. The average molecular weight is 377 g/mol. The first kappa shape index (κ1) is 19.9. The number of amides is 1. The molecule has 0 radical (unpaired) electrons. The summed E-state index contributed by atoms with van der Waals surface area (Å²) in [6.45, 7) is 1.77. The van der Waals surface area contributed by atoms with Crippen LogP contribution >= 0.6 is 11.8 Å². The Morgan fingerprint density at radius 2 is 1.85 bits per heavy atom. The van der Waals surface area contributed by atoms with Crippen molar-refractivity contribution in [2.45, 2.75) is 23.2 Å². The Morgan fingerprint density at radius 1 is 1.19 bits per heavy atom. The highest BCUT2D eigenvalue weighted by molar-refractivity contribution is 8.00. The second kappa shape index (κ2) is 9.35. The topological polar surface area (TPSA) is 75.6 Å². The van der Waals surface area contributed by atoms with Crippen molar-refractivity contribution in [2.75, 3.05) is 13.7 Å². The molecule has 7 heteroatoms. The van der Waals surface area contributed by atoms with Gasteiger partial charge in [0, 0.05) is 18.6 Å². The monoisotopic (exact) mass is 377 g/mol. The van der Waals surface area contributed by atoms with E-state index in [0.717, 1.165) is 17.3 Å². The number of methoxy groups -OCH3 is 1. The number of carboxylic acids is 1. The van der Waals surface area contributed by atoms with Crippen LogP contribution < -0.4 is 5.32 Å². The number of benzene rings is 2. The van der Waals surface area contributed by atoms with Crippen LogP contribution in [0.3, 0.4) is 0 Å². The highest BCUT2D eigenvalue weighted by Crippen LogP contribution is 2.27. The lowest BCUT2D eigenvalue weighted by Crippen LogP contribution is -2.29. The summed E-state index contributed by atoms with van der Waals surface area (Å²) in [7, 11) is 1.51. The first-order valence-electron chi connectivity index (χ1n) is 7.97. The Hall–Kier alpha value is -2.38. The van der Waals surface area contributed by atoms with E-state index in [1.165, 1.54) is 19.2 Å². The fourth-order valence-electron chi connectivity index (χ4n) is 2.29. The smallest absolute Gasteiger partial charge is 0.316 e. The second-order valence-electron chi connectivity index (χ2n) is 5.58. The van der Waals surface area contributed by atoms with Crippen LogP contribution in [0.25, 0.3) is 0 Å². The van der Waals surface area contributed by atoms with E-state index >= 15 is 0 Å². The van der Waals surface area contributed by atoms with Gasteiger partial charge in [0.2, 0.25) is 0 Å². The summed E-state index contributed by atoms with van der Waals surface area (Å²) in [6, 6.07) is 12.7. The van der Waals surface area contributed by atoms with Crippen LogP contribution in [0.1, 0.15) is 28.9 Å². The normalized spacial score (nSPS) is 13.0. The number of carbonyl (C=O) groups excluding carboxylic acids is 1. The van der Waals surface area contributed by atoms with Gasteiger partial charge in [0.1, 0.15) is 11.1 Å². The Balaban J connectivity index is 2.07. The number of rotatable bonds is 8. The highest BCUT2D eigenvalue weighted by Gasteiger charge is 2.19. The molecule has 5 nitrogen and oxygen atoms in total. The minimum absolute atomic E-state index is 0.203. The fourth-order valence-corrected chi connectivity index (χ4v) is 3.22. The molecule has 0 saturated heterocycles. The van der Waals surface area contributed by atoms with Crippen LogP contribution in [0, 0.1) is 5.82 Å². The van der Waals surface area contributed by atoms with Gasteiger partial charge in [0.05, 0.1) is 11.7 Å². The van der Waals surface area contributed by atoms with E-state index in [1.54, 1.807) is 43.3 Å². The van der Waals surface area contributed by atoms with Gasteiger partial charge in [-0.1, -0.05) is 24.3 Å². The first-order chi connectivity index (χ1) is 12.4. The maximum absolute atomic E-state index is 13.0. The number of carboxylic acid groups (broad SMARTS) is 1. The fraction of sp³-hybridized carbons (Fsp3) is 0.263. The van der Waals surface area contributed by atoms with Crippen LogP contribution in [0.4, 0.5) is 4.39 Å². The molecular formula is C19H20FNO4S. The summed E-state index contributed by atoms with van der Waals surface area (Å²) in [5.41, 5.74) is 1.15. The maximum atomic E-state index is 13.0. The van der Waals surface area contributed by atoms with E-state index in [9.17, 15) is 14.0 Å². The molecular weight excluding hydrogens is 357 g/mol. The standard InChI is InChI=1S/C19H20FNO4S/c1-12(19(23)24)26-17-6-4-3-5-15(17)18(22)21-11-16(25-2)13-7-9-14(20)10-8-13/h3-10,12,16H,11H2,1-2H3,(H,21,22)(H,23,24). The molecule has 2 N–H and O–H groups in total. The zero-order chi connectivity index (χ0) is 19.1. The number of halogens is 1. The molecule has 0 saturated carbocycles. The van der Waals surface area contributed by atoms with Crippen molar-refractivity contribution in [3.05, 3.63) is 65.5 Å². The van der Waals surface area contributed by atoms with Crippen LogP contribution in [-0.4, -0.2) is 35.9 Å². The minimum atomic E-state index is -0.944. The van der Waals surface area contributed by atoms with Crippen molar-refractivity contribution in [3.8, 4) is 0 Å². The number of carbonyl (C=O) groups is 2. The molecule has 0 heterocycles. The molecule has 26 heavy (non-hydrogen) atoms. The van der Waals surface area contributed by atoms with Gasteiger partial charge in [-0.05, 0) is 36.8 Å². The van der Waals surface area contributed by atoms with Gasteiger partial charge in [-0.15, -0.1) is 11.8 Å². The molecule has 0 fully saturated rings. The number of ether oxygens (including phenoxy) is 1. The SMILES string of the molecule is COC(CNC(=O)c1ccccc1SC(C)C(=O)O)c1ccc(F)cc1. The Kier molecular flexibility index (Phi) is 7.17. The van der Waals surface area contributed by atoms with Crippen LogP contribution in [0.2, 0.25) is 0 Å². The Labute approximate surface area is 155 Å². The molecule has 2 rings (SSSR count). The molecule has 2 aromatic rings. The van der Waals surface area contributed by atoms with E-state index in [2.05, 4.69) is 5.32 Å². The number of nitrogens with one attached hydrogen (secondary N) is 1. The van der Waals surface area contributed by atoms with Gasteiger partial charge in [0.25, 0.3) is 5.91 Å². The van der Waals surface area contributed by atoms with Gasteiger partial charge in [0.15, 0.2) is 0 Å². The predicted molar refractivity (Wildman–Crippen MR) is 97.9 cm³/mol. The van der Waals surface area contributed by atoms with E-state index in [1.807, 2.05) is 0 Å². The van der Waals surface area contributed by atoms with Crippen LogP contribution in [0.15, 0.2) is 53.4 Å².